The summed E-state index contributed by atoms with van der Waals surface area (Å²) < 4.78 is 0. The van der Waals surface area contributed by atoms with Crippen molar-refractivity contribution >= 4 is 11.5 Å². The second-order valence-electron chi connectivity index (χ2n) is 3.62. The monoisotopic (exact) mass is 199 g/mol. The molecule has 76 valence electrons. The maximum atomic E-state index is 11.1. The Labute approximate surface area is 89.3 Å². The van der Waals surface area contributed by atoms with Crippen molar-refractivity contribution in [3.05, 3.63) is 48.2 Å². The lowest BCUT2D eigenvalue weighted by molar-refractivity contribution is -0.119. The van der Waals surface area contributed by atoms with Gasteiger partial charge < -0.3 is 5.32 Å². The van der Waals surface area contributed by atoms with E-state index < -0.39 is 0 Å². The van der Waals surface area contributed by atoms with Crippen LogP contribution in [0.3, 0.4) is 0 Å². The summed E-state index contributed by atoms with van der Waals surface area (Å²) in [6.07, 6.45) is 1.44. The van der Waals surface area contributed by atoms with Gasteiger partial charge in [0.05, 0.1) is 6.04 Å². The Kier molecular flexibility index (Phi) is 2.70. The van der Waals surface area contributed by atoms with Gasteiger partial charge in [-0.3, -0.25) is 4.79 Å². The standard InChI is InChI=1S/C13H13NO/c1-2-11(10-6-4-3-5-7-10)12-8-9-13(15)14-12/h3-7,12H,1,8-9H2,(H,14,15). The summed E-state index contributed by atoms with van der Waals surface area (Å²) in [7, 11) is 0. The molecule has 0 spiro atoms. The summed E-state index contributed by atoms with van der Waals surface area (Å²) >= 11 is 0. The van der Waals surface area contributed by atoms with Crippen LogP contribution in [-0.2, 0) is 4.79 Å². The zero-order valence-corrected chi connectivity index (χ0v) is 8.49. The van der Waals surface area contributed by atoms with Crippen molar-refractivity contribution in [3.63, 3.8) is 0 Å². The van der Waals surface area contributed by atoms with E-state index in [1.807, 2.05) is 30.3 Å². The molecule has 1 aromatic carbocycles. The van der Waals surface area contributed by atoms with E-state index in [9.17, 15) is 4.79 Å². The van der Waals surface area contributed by atoms with E-state index in [0.717, 1.165) is 17.6 Å². The molecule has 0 aliphatic carbocycles. The van der Waals surface area contributed by atoms with E-state index in [1.54, 1.807) is 0 Å². The van der Waals surface area contributed by atoms with Gasteiger partial charge in [0, 0.05) is 12.0 Å². The highest BCUT2D eigenvalue weighted by Crippen LogP contribution is 2.23. The second-order valence-corrected chi connectivity index (χ2v) is 3.62. The van der Waals surface area contributed by atoms with Gasteiger partial charge in [-0.05, 0) is 12.0 Å². The highest BCUT2D eigenvalue weighted by atomic mass is 16.1. The highest BCUT2D eigenvalue weighted by Gasteiger charge is 2.24. The van der Waals surface area contributed by atoms with Gasteiger partial charge in [0.15, 0.2) is 0 Å². The molecule has 2 rings (SSSR count). The molecule has 15 heavy (non-hydrogen) atoms. The molecule has 0 saturated carbocycles. The van der Waals surface area contributed by atoms with E-state index >= 15 is 0 Å². The average molecular weight is 199 g/mol. The first-order valence-electron chi connectivity index (χ1n) is 5.06. The Bertz CT molecular complexity index is 415. The molecule has 2 nitrogen and oxygen atoms in total. The number of carbonyl (C=O) groups is 1. The molecule has 0 aromatic heterocycles. The molecule has 1 amide bonds. The smallest absolute Gasteiger partial charge is 0.220 e. The number of amides is 1. The fourth-order valence-electron chi connectivity index (χ4n) is 1.87. The average Bonchev–Trinajstić information content (AvgIpc) is 2.68. The van der Waals surface area contributed by atoms with Gasteiger partial charge in [-0.2, -0.15) is 0 Å². The minimum Gasteiger partial charge on any atom is -0.349 e. The number of carbonyl (C=O) groups excluding carboxylic acids is 1. The fourth-order valence-corrected chi connectivity index (χ4v) is 1.87. The van der Waals surface area contributed by atoms with Gasteiger partial charge in [-0.1, -0.05) is 36.9 Å². The first-order valence-corrected chi connectivity index (χ1v) is 5.06. The largest absolute Gasteiger partial charge is 0.349 e. The van der Waals surface area contributed by atoms with E-state index in [0.29, 0.717) is 6.42 Å². The molecule has 1 aliphatic heterocycles. The summed E-state index contributed by atoms with van der Waals surface area (Å²) in [5.74, 6) is 0.115. The van der Waals surface area contributed by atoms with Crippen LogP contribution in [0.2, 0.25) is 0 Å². The number of hydrogen-bond donors (Lipinski definition) is 1. The van der Waals surface area contributed by atoms with Gasteiger partial charge in [0.2, 0.25) is 5.91 Å². The van der Waals surface area contributed by atoms with Crippen molar-refractivity contribution in [2.24, 2.45) is 0 Å². The van der Waals surface area contributed by atoms with Crippen molar-refractivity contribution in [1.29, 1.82) is 0 Å². The maximum absolute atomic E-state index is 11.1. The van der Waals surface area contributed by atoms with E-state index in [4.69, 9.17) is 0 Å². The molecule has 0 bridgehead atoms. The van der Waals surface area contributed by atoms with Gasteiger partial charge in [0.1, 0.15) is 0 Å². The molecule has 1 N–H and O–H groups in total. The maximum Gasteiger partial charge on any atom is 0.220 e. The van der Waals surface area contributed by atoms with E-state index in [1.165, 1.54) is 0 Å². The minimum atomic E-state index is 0.0809. The summed E-state index contributed by atoms with van der Waals surface area (Å²) in [4.78, 5) is 11.1. The molecule has 2 heteroatoms. The SMILES string of the molecule is C=C=C(c1ccccc1)C1CCC(=O)N1. The van der Waals surface area contributed by atoms with Crippen LogP contribution in [0.4, 0.5) is 0 Å². The Morgan fingerprint density at radius 3 is 2.67 bits per heavy atom. The normalized spacial score (nSPS) is 19.5. The van der Waals surface area contributed by atoms with Crippen LogP contribution >= 0.6 is 0 Å². The first-order chi connectivity index (χ1) is 7.31. The zero-order chi connectivity index (χ0) is 10.7. The first kappa shape index (κ1) is 9.75. The van der Waals surface area contributed by atoms with Gasteiger partial charge >= 0.3 is 0 Å². The lowest BCUT2D eigenvalue weighted by Crippen LogP contribution is -2.26. The molecule has 1 fully saturated rings. The van der Waals surface area contributed by atoms with Crippen molar-refractivity contribution in [1.82, 2.24) is 5.32 Å². The highest BCUT2D eigenvalue weighted by molar-refractivity contribution is 5.83. The molecule has 1 atom stereocenters. The summed E-state index contributed by atoms with van der Waals surface area (Å²) in [5.41, 5.74) is 5.00. The molecule has 1 unspecified atom stereocenters. The van der Waals surface area contributed by atoms with Crippen LogP contribution < -0.4 is 5.32 Å². The van der Waals surface area contributed by atoms with Crippen LogP contribution in [0.15, 0.2) is 42.6 Å². The van der Waals surface area contributed by atoms with Crippen molar-refractivity contribution in [2.45, 2.75) is 18.9 Å². The topological polar surface area (TPSA) is 29.1 Å². The Hall–Kier alpha value is -1.79. The third kappa shape index (κ3) is 2.00. The lowest BCUT2D eigenvalue weighted by Gasteiger charge is -2.12. The van der Waals surface area contributed by atoms with Crippen molar-refractivity contribution < 1.29 is 4.79 Å². The van der Waals surface area contributed by atoms with Crippen LogP contribution in [-0.4, -0.2) is 11.9 Å². The van der Waals surface area contributed by atoms with E-state index in [2.05, 4.69) is 17.6 Å². The van der Waals surface area contributed by atoms with Gasteiger partial charge in [-0.25, -0.2) is 0 Å². The Morgan fingerprint density at radius 2 is 2.13 bits per heavy atom. The quantitative estimate of drug-likeness (QED) is 0.726. The third-order valence-corrected chi connectivity index (χ3v) is 2.62. The van der Waals surface area contributed by atoms with Crippen molar-refractivity contribution in [3.8, 4) is 0 Å². The molecule has 1 heterocycles. The summed E-state index contributed by atoms with van der Waals surface area (Å²) in [5, 5.41) is 2.92. The fraction of sp³-hybridized carbons (Fsp3) is 0.231. The minimum absolute atomic E-state index is 0.0809. The Balaban J connectivity index is 2.27. The predicted octanol–water partition coefficient (Wildman–Crippen LogP) is 2.13. The van der Waals surface area contributed by atoms with Crippen LogP contribution in [0.25, 0.3) is 5.57 Å². The second kappa shape index (κ2) is 4.16. The number of rotatable bonds is 2. The summed E-state index contributed by atoms with van der Waals surface area (Å²) in [6, 6.07) is 10.0. The van der Waals surface area contributed by atoms with Crippen LogP contribution in [0.1, 0.15) is 18.4 Å². The van der Waals surface area contributed by atoms with Crippen LogP contribution in [0, 0.1) is 0 Å². The summed E-state index contributed by atoms with van der Waals surface area (Å²) in [6.45, 7) is 3.69. The number of hydrogen-bond acceptors (Lipinski definition) is 1. The molecule has 0 radical (unpaired) electrons. The zero-order valence-electron chi connectivity index (χ0n) is 8.49. The molecule has 1 saturated heterocycles. The third-order valence-electron chi connectivity index (χ3n) is 2.62. The molecule has 1 aliphatic rings. The van der Waals surface area contributed by atoms with E-state index in [-0.39, 0.29) is 11.9 Å². The predicted molar refractivity (Wildman–Crippen MR) is 60.2 cm³/mol. The van der Waals surface area contributed by atoms with Crippen LogP contribution in [0.5, 0.6) is 0 Å². The van der Waals surface area contributed by atoms with Gasteiger partial charge in [0.25, 0.3) is 0 Å². The molecular weight excluding hydrogens is 186 g/mol. The molecule has 1 aromatic rings. The lowest BCUT2D eigenvalue weighted by atomic mass is 9.98. The van der Waals surface area contributed by atoms with Gasteiger partial charge in [-0.15, -0.1) is 5.73 Å². The molecular formula is C13H13NO. The Morgan fingerprint density at radius 1 is 1.40 bits per heavy atom. The number of nitrogens with one attached hydrogen (secondary N) is 1. The number of benzene rings is 1. The van der Waals surface area contributed by atoms with Crippen molar-refractivity contribution in [2.75, 3.05) is 0 Å².